The number of carboxylic acids is 1. The lowest BCUT2D eigenvalue weighted by atomic mass is 9.95. The fraction of sp³-hybridized carbons (Fsp3) is 0.364. The Labute approximate surface area is 92.5 Å². The van der Waals surface area contributed by atoms with Gasteiger partial charge in [-0.25, -0.2) is 4.79 Å². The molecule has 1 aliphatic heterocycles. The van der Waals surface area contributed by atoms with Crippen LogP contribution < -0.4 is 9.47 Å². The summed E-state index contributed by atoms with van der Waals surface area (Å²) in [6, 6.07) is 4.96. The van der Waals surface area contributed by atoms with Crippen LogP contribution in [0.25, 0.3) is 0 Å². The minimum atomic E-state index is -1.37. The Morgan fingerprint density at radius 1 is 1.44 bits per heavy atom. The van der Waals surface area contributed by atoms with Gasteiger partial charge in [-0.05, 0) is 24.6 Å². The van der Waals surface area contributed by atoms with E-state index in [1.165, 1.54) is 14.0 Å². The van der Waals surface area contributed by atoms with E-state index < -0.39 is 11.6 Å². The smallest absolute Gasteiger partial charge is 0.340 e. The fourth-order valence-corrected chi connectivity index (χ4v) is 1.52. The van der Waals surface area contributed by atoms with Gasteiger partial charge in [0, 0.05) is 7.11 Å². The number of ether oxygens (including phenoxy) is 3. The van der Waals surface area contributed by atoms with E-state index in [1.54, 1.807) is 18.2 Å². The first-order valence-corrected chi connectivity index (χ1v) is 4.76. The van der Waals surface area contributed by atoms with Crippen molar-refractivity contribution in [1.29, 1.82) is 0 Å². The largest absolute Gasteiger partial charge is 0.479 e. The Morgan fingerprint density at radius 3 is 2.75 bits per heavy atom. The highest BCUT2D eigenvalue weighted by molar-refractivity contribution is 5.79. The van der Waals surface area contributed by atoms with E-state index >= 15 is 0 Å². The van der Waals surface area contributed by atoms with Crippen LogP contribution in [0.3, 0.4) is 0 Å². The Balaban J connectivity index is 2.44. The average molecular weight is 224 g/mol. The molecule has 0 aromatic heterocycles. The van der Waals surface area contributed by atoms with Gasteiger partial charge < -0.3 is 19.3 Å². The zero-order valence-corrected chi connectivity index (χ0v) is 9.02. The highest BCUT2D eigenvalue weighted by Gasteiger charge is 2.36. The van der Waals surface area contributed by atoms with E-state index in [-0.39, 0.29) is 6.79 Å². The first-order chi connectivity index (χ1) is 7.58. The van der Waals surface area contributed by atoms with Crippen LogP contribution >= 0.6 is 0 Å². The van der Waals surface area contributed by atoms with E-state index in [4.69, 9.17) is 19.3 Å². The molecular weight excluding hydrogens is 212 g/mol. The molecule has 0 radical (unpaired) electrons. The molecule has 1 aliphatic rings. The minimum absolute atomic E-state index is 0.162. The molecule has 1 unspecified atom stereocenters. The molecule has 0 saturated heterocycles. The second kappa shape index (κ2) is 3.68. The Hall–Kier alpha value is -1.75. The lowest BCUT2D eigenvalue weighted by Gasteiger charge is -2.23. The van der Waals surface area contributed by atoms with Gasteiger partial charge in [0.2, 0.25) is 6.79 Å². The number of aliphatic carboxylic acids is 1. The van der Waals surface area contributed by atoms with E-state index in [1.807, 2.05) is 0 Å². The number of hydrogen-bond donors (Lipinski definition) is 1. The quantitative estimate of drug-likeness (QED) is 0.839. The molecule has 0 saturated carbocycles. The Bertz CT molecular complexity index is 428. The molecule has 0 amide bonds. The third-order valence-corrected chi connectivity index (χ3v) is 2.74. The zero-order valence-electron chi connectivity index (χ0n) is 9.02. The summed E-state index contributed by atoms with van der Waals surface area (Å²) in [7, 11) is 1.36. The Kier molecular flexibility index (Phi) is 2.47. The highest BCUT2D eigenvalue weighted by Crippen LogP contribution is 2.36. The van der Waals surface area contributed by atoms with Crippen LogP contribution in [0.5, 0.6) is 11.5 Å². The van der Waals surface area contributed by atoms with Crippen molar-refractivity contribution in [1.82, 2.24) is 0 Å². The van der Waals surface area contributed by atoms with Crippen molar-refractivity contribution in [3.63, 3.8) is 0 Å². The van der Waals surface area contributed by atoms with Gasteiger partial charge in [-0.2, -0.15) is 0 Å². The van der Waals surface area contributed by atoms with Gasteiger partial charge in [0.25, 0.3) is 0 Å². The van der Waals surface area contributed by atoms with Crippen LogP contribution in [0.1, 0.15) is 12.5 Å². The molecule has 5 heteroatoms. The molecule has 0 spiro atoms. The van der Waals surface area contributed by atoms with Gasteiger partial charge in [-0.3, -0.25) is 0 Å². The van der Waals surface area contributed by atoms with Crippen molar-refractivity contribution in [2.24, 2.45) is 0 Å². The number of carboxylic acid groups (broad SMARTS) is 1. The SMILES string of the molecule is COC(C)(C(=O)O)c1ccc2c(c1)OCO2. The number of carbonyl (C=O) groups is 1. The van der Waals surface area contributed by atoms with E-state index in [2.05, 4.69) is 0 Å². The molecule has 1 atom stereocenters. The molecular formula is C11H12O5. The second-order valence-corrected chi connectivity index (χ2v) is 3.61. The van der Waals surface area contributed by atoms with Crippen LogP contribution in [-0.4, -0.2) is 25.0 Å². The monoisotopic (exact) mass is 224 g/mol. The van der Waals surface area contributed by atoms with Gasteiger partial charge in [0.1, 0.15) is 0 Å². The van der Waals surface area contributed by atoms with E-state index in [9.17, 15) is 4.79 Å². The topological polar surface area (TPSA) is 65.0 Å². The molecule has 1 heterocycles. The Morgan fingerprint density at radius 2 is 2.12 bits per heavy atom. The van der Waals surface area contributed by atoms with Crippen molar-refractivity contribution in [3.05, 3.63) is 23.8 Å². The summed E-state index contributed by atoms with van der Waals surface area (Å²) >= 11 is 0. The van der Waals surface area contributed by atoms with Gasteiger partial charge in [0.05, 0.1) is 0 Å². The van der Waals surface area contributed by atoms with E-state index in [0.717, 1.165) is 0 Å². The molecule has 5 nitrogen and oxygen atoms in total. The molecule has 1 N–H and O–H groups in total. The summed E-state index contributed by atoms with van der Waals surface area (Å²) in [6.45, 7) is 1.66. The van der Waals surface area contributed by atoms with Gasteiger partial charge in [-0.15, -0.1) is 0 Å². The molecule has 1 aromatic carbocycles. The normalized spacial score (nSPS) is 16.9. The van der Waals surface area contributed by atoms with Crippen molar-refractivity contribution < 1.29 is 24.1 Å². The van der Waals surface area contributed by atoms with Crippen LogP contribution in [0.15, 0.2) is 18.2 Å². The predicted molar refractivity (Wildman–Crippen MR) is 54.6 cm³/mol. The zero-order chi connectivity index (χ0) is 11.8. The maximum Gasteiger partial charge on any atom is 0.340 e. The summed E-state index contributed by atoms with van der Waals surface area (Å²) in [6.07, 6.45) is 0. The van der Waals surface area contributed by atoms with Gasteiger partial charge >= 0.3 is 5.97 Å². The maximum atomic E-state index is 11.2. The number of methoxy groups -OCH3 is 1. The standard InChI is InChI=1S/C11H12O5/c1-11(14-2,10(12)13)7-3-4-8-9(5-7)16-6-15-8/h3-5H,6H2,1-2H3,(H,12,13). The summed E-state index contributed by atoms with van der Waals surface area (Å²) in [5, 5.41) is 9.14. The molecule has 86 valence electrons. The van der Waals surface area contributed by atoms with Crippen molar-refractivity contribution in [3.8, 4) is 11.5 Å². The first-order valence-electron chi connectivity index (χ1n) is 4.76. The highest BCUT2D eigenvalue weighted by atomic mass is 16.7. The third-order valence-electron chi connectivity index (χ3n) is 2.74. The second-order valence-electron chi connectivity index (χ2n) is 3.61. The average Bonchev–Trinajstić information content (AvgIpc) is 2.74. The predicted octanol–water partition coefficient (Wildman–Crippen LogP) is 1.36. The number of fused-ring (bicyclic) bond motifs is 1. The van der Waals surface area contributed by atoms with Crippen LogP contribution in [0.4, 0.5) is 0 Å². The van der Waals surface area contributed by atoms with Crippen LogP contribution in [0.2, 0.25) is 0 Å². The summed E-state index contributed by atoms with van der Waals surface area (Å²) in [4.78, 5) is 11.2. The summed E-state index contributed by atoms with van der Waals surface area (Å²) < 4.78 is 15.4. The van der Waals surface area contributed by atoms with Crippen LogP contribution in [-0.2, 0) is 15.1 Å². The summed E-state index contributed by atoms with van der Waals surface area (Å²) in [5.41, 5.74) is -0.854. The van der Waals surface area contributed by atoms with Crippen molar-refractivity contribution in [2.75, 3.05) is 13.9 Å². The first kappa shape index (κ1) is 10.8. The molecule has 0 aliphatic carbocycles. The third kappa shape index (κ3) is 1.49. The molecule has 2 rings (SSSR count). The number of hydrogen-bond acceptors (Lipinski definition) is 4. The fourth-order valence-electron chi connectivity index (χ4n) is 1.52. The lowest BCUT2D eigenvalue weighted by Crippen LogP contribution is -2.34. The lowest BCUT2D eigenvalue weighted by molar-refractivity contribution is -0.161. The maximum absolute atomic E-state index is 11.2. The number of benzene rings is 1. The molecule has 0 bridgehead atoms. The summed E-state index contributed by atoms with van der Waals surface area (Å²) in [5.74, 6) is 0.114. The van der Waals surface area contributed by atoms with E-state index in [0.29, 0.717) is 17.1 Å². The number of rotatable bonds is 3. The molecule has 1 aromatic rings. The van der Waals surface area contributed by atoms with Crippen LogP contribution in [0, 0.1) is 0 Å². The van der Waals surface area contributed by atoms with Crippen molar-refractivity contribution in [2.45, 2.75) is 12.5 Å². The van der Waals surface area contributed by atoms with Crippen molar-refractivity contribution >= 4 is 5.97 Å². The molecule has 0 fully saturated rings. The van der Waals surface area contributed by atoms with Gasteiger partial charge in [0.15, 0.2) is 17.1 Å². The minimum Gasteiger partial charge on any atom is -0.479 e. The molecule has 16 heavy (non-hydrogen) atoms. The van der Waals surface area contributed by atoms with Gasteiger partial charge in [-0.1, -0.05) is 6.07 Å².